The fourth-order valence-electron chi connectivity index (χ4n) is 2.54. The maximum Gasteiger partial charge on any atom is 0.275 e. The van der Waals surface area contributed by atoms with Crippen LogP contribution >= 0.6 is 0 Å². The molecule has 0 spiro atoms. The van der Waals surface area contributed by atoms with E-state index in [0.717, 1.165) is 0 Å². The quantitative estimate of drug-likeness (QED) is 0.772. The van der Waals surface area contributed by atoms with E-state index in [1.165, 1.54) is 15.3 Å². The fourth-order valence-corrected chi connectivity index (χ4v) is 2.54. The number of nitrogens with one attached hydrogen (secondary N) is 1. The number of methoxy groups -OCH3 is 1. The molecule has 0 aliphatic carbocycles. The molecule has 0 saturated carbocycles. The number of H-pyrrole nitrogens is 1. The van der Waals surface area contributed by atoms with Gasteiger partial charge in [-0.3, -0.25) is 23.9 Å². The van der Waals surface area contributed by atoms with Gasteiger partial charge in [0.25, 0.3) is 11.1 Å². The summed E-state index contributed by atoms with van der Waals surface area (Å²) in [5.41, 5.74) is 1.53. The third kappa shape index (κ3) is 1.96. The Morgan fingerprint density at radius 3 is 2.43 bits per heavy atom. The van der Waals surface area contributed by atoms with Crippen LogP contribution in [0.15, 0.2) is 39.9 Å². The second-order valence-electron chi connectivity index (χ2n) is 4.87. The van der Waals surface area contributed by atoms with Crippen LogP contribution in [0.4, 0.5) is 0 Å². The third-order valence-corrected chi connectivity index (χ3v) is 3.59. The summed E-state index contributed by atoms with van der Waals surface area (Å²) >= 11 is 0. The van der Waals surface area contributed by atoms with Gasteiger partial charge in [0.1, 0.15) is 5.75 Å². The van der Waals surface area contributed by atoms with Gasteiger partial charge in [0.15, 0.2) is 0 Å². The zero-order valence-corrected chi connectivity index (χ0v) is 12.0. The van der Waals surface area contributed by atoms with Crippen molar-refractivity contribution in [1.82, 2.24) is 14.3 Å². The molecule has 0 aliphatic rings. The molecule has 2 heterocycles. The molecule has 1 aromatic carbocycles. The lowest BCUT2D eigenvalue weighted by Crippen LogP contribution is -2.21. The van der Waals surface area contributed by atoms with Crippen LogP contribution in [0.2, 0.25) is 0 Å². The van der Waals surface area contributed by atoms with Gasteiger partial charge >= 0.3 is 0 Å². The number of hydrogen-bond donors (Lipinski definition) is 1. The SMILES string of the molecule is COc1ccc(-n2c(C)c3c(=O)n(C)[nH]c3cc2=O)cc1. The highest BCUT2D eigenvalue weighted by molar-refractivity contribution is 5.80. The molecule has 0 saturated heterocycles. The summed E-state index contributed by atoms with van der Waals surface area (Å²) in [5, 5.41) is 3.40. The number of aromatic nitrogens is 3. The predicted octanol–water partition coefficient (Wildman–Crippen LogP) is 1.33. The van der Waals surface area contributed by atoms with Crippen LogP contribution in [0.5, 0.6) is 5.75 Å². The Hall–Kier alpha value is -2.76. The van der Waals surface area contributed by atoms with Gasteiger partial charge in [-0.15, -0.1) is 0 Å². The topological polar surface area (TPSA) is 69.0 Å². The molecule has 21 heavy (non-hydrogen) atoms. The van der Waals surface area contributed by atoms with Crippen molar-refractivity contribution in [2.75, 3.05) is 7.11 Å². The summed E-state index contributed by atoms with van der Waals surface area (Å²) in [6, 6.07) is 8.57. The Bertz CT molecular complexity index is 930. The molecule has 6 heteroatoms. The summed E-state index contributed by atoms with van der Waals surface area (Å²) in [5.74, 6) is 0.711. The molecule has 3 rings (SSSR count). The second-order valence-corrected chi connectivity index (χ2v) is 4.87. The monoisotopic (exact) mass is 285 g/mol. The van der Waals surface area contributed by atoms with Gasteiger partial charge < -0.3 is 4.74 Å². The van der Waals surface area contributed by atoms with Crippen LogP contribution in [0.25, 0.3) is 16.6 Å². The number of pyridine rings is 1. The number of nitrogens with zero attached hydrogens (tertiary/aromatic N) is 2. The van der Waals surface area contributed by atoms with E-state index in [-0.39, 0.29) is 11.1 Å². The highest BCUT2D eigenvalue weighted by atomic mass is 16.5. The number of fused-ring (bicyclic) bond motifs is 1. The van der Waals surface area contributed by atoms with Crippen LogP contribution in [0.3, 0.4) is 0 Å². The molecule has 0 unspecified atom stereocenters. The van der Waals surface area contributed by atoms with Crippen molar-refractivity contribution >= 4 is 10.9 Å². The minimum absolute atomic E-state index is 0.148. The Morgan fingerprint density at radius 1 is 1.14 bits per heavy atom. The standard InChI is InChI=1S/C15H15N3O3/c1-9-14-12(16-17(2)15(14)20)8-13(19)18(9)10-4-6-11(21-3)7-5-10/h4-8,16H,1-3H3. The number of ether oxygens (including phenoxy) is 1. The van der Waals surface area contributed by atoms with Crippen molar-refractivity contribution in [2.45, 2.75) is 6.92 Å². The lowest BCUT2D eigenvalue weighted by Gasteiger charge is -2.10. The molecule has 0 radical (unpaired) electrons. The third-order valence-electron chi connectivity index (χ3n) is 3.59. The maximum absolute atomic E-state index is 12.3. The molecule has 2 aromatic heterocycles. The number of hydrogen-bond acceptors (Lipinski definition) is 3. The van der Waals surface area contributed by atoms with E-state index in [2.05, 4.69) is 5.10 Å². The summed E-state index contributed by atoms with van der Waals surface area (Å²) in [6.45, 7) is 1.77. The molecule has 0 atom stereocenters. The Morgan fingerprint density at radius 2 is 1.81 bits per heavy atom. The van der Waals surface area contributed by atoms with E-state index in [4.69, 9.17) is 4.74 Å². The molecule has 0 fully saturated rings. The van der Waals surface area contributed by atoms with Gasteiger partial charge in [-0.2, -0.15) is 0 Å². The minimum Gasteiger partial charge on any atom is -0.497 e. The molecule has 6 nitrogen and oxygen atoms in total. The van der Waals surface area contributed by atoms with Crippen LogP contribution in [0, 0.1) is 6.92 Å². The fraction of sp³-hybridized carbons (Fsp3) is 0.200. The molecule has 0 amide bonds. The van der Waals surface area contributed by atoms with Crippen molar-refractivity contribution in [3.63, 3.8) is 0 Å². The van der Waals surface area contributed by atoms with Crippen LogP contribution < -0.4 is 15.9 Å². The molecular formula is C15H15N3O3. The van der Waals surface area contributed by atoms with Crippen LogP contribution in [-0.4, -0.2) is 21.5 Å². The minimum atomic E-state index is -0.188. The normalized spacial score (nSPS) is 11.0. The summed E-state index contributed by atoms with van der Waals surface area (Å²) < 4.78 is 8.01. The second kappa shape index (κ2) is 4.66. The maximum atomic E-state index is 12.3. The van der Waals surface area contributed by atoms with Gasteiger partial charge in [-0.1, -0.05) is 0 Å². The van der Waals surface area contributed by atoms with Gasteiger partial charge in [-0.05, 0) is 31.2 Å². The molecule has 0 bridgehead atoms. The van der Waals surface area contributed by atoms with Crippen LogP contribution in [-0.2, 0) is 7.05 Å². The van der Waals surface area contributed by atoms with E-state index >= 15 is 0 Å². The number of benzene rings is 1. The highest BCUT2D eigenvalue weighted by Crippen LogP contribution is 2.17. The van der Waals surface area contributed by atoms with Crippen molar-refractivity contribution < 1.29 is 4.74 Å². The lowest BCUT2D eigenvalue weighted by molar-refractivity contribution is 0.414. The van der Waals surface area contributed by atoms with Crippen molar-refractivity contribution in [3.8, 4) is 11.4 Å². The number of rotatable bonds is 2. The zero-order valence-electron chi connectivity index (χ0n) is 12.0. The first kappa shape index (κ1) is 13.2. The first-order valence-corrected chi connectivity index (χ1v) is 6.48. The zero-order chi connectivity index (χ0) is 15.1. The first-order chi connectivity index (χ1) is 10.0. The van der Waals surface area contributed by atoms with Gasteiger partial charge in [0.2, 0.25) is 0 Å². The predicted molar refractivity (Wildman–Crippen MR) is 80.4 cm³/mol. The highest BCUT2D eigenvalue weighted by Gasteiger charge is 2.13. The Balaban J connectivity index is 2.33. The lowest BCUT2D eigenvalue weighted by atomic mass is 10.2. The Kier molecular flexibility index (Phi) is 2.94. The molecular weight excluding hydrogens is 270 g/mol. The van der Waals surface area contributed by atoms with E-state index in [9.17, 15) is 9.59 Å². The van der Waals surface area contributed by atoms with E-state index in [1.54, 1.807) is 45.3 Å². The summed E-state index contributed by atoms with van der Waals surface area (Å²) in [7, 11) is 3.21. The van der Waals surface area contributed by atoms with Crippen molar-refractivity contribution in [2.24, 2.45) is 7.05 Å². The molecule has 3 aromatic rings. The average molecular weight is 285 g/mol. The van der Waals surface area contributed by atoms with Gasteiger partial charge in [0.05, 0.1) is 18.0 Å². The van der Waals surface area contributed by atoms with Gasteiger partial charge in [-0.25, -0.2) is 0 Å². The van der Waals surface area contributed by atoms with Gasteiger partial charge in [0, 0.05) is 24.5 Å². The van der Waals surface area contributed by atoms with Crippen molar-refractivity contribution in [3.05, 3.63) is 56.7 Å². The number of aromatic amines is 1. The smallest absolute Gasteiger partial charge is 0.275 e. The largest absolute Gasteiger partial charge is 0.497 e. The van der Waals surface area contributed by atoms with E-state index < -0.39 is 0 Å². The van der Waals surface area contributed by atoms with Crippen LogP contribution in [0.1, 0.15) is 5.69 Å². The first-order valence-electron chi connectivity index (χ1n) is 6.48. The molecule has 1 N–H and O–H groups in total. The molecule has 108 valence electrons. The average Bonchev–Trinajstić information content (AvgIpc) is 2.74. The number of aryl methyl sites for hydroxylation is 2. The van der Waals surface area contributed by atoms with E-state index in [1.807, 2.05) is 0 Å². The Labute approximate surface area is 120 Å². The molecule has 0 aliphatic heterocycles. The van der Waals surface area contributed by atoms with Crippen molar-refractivity contribution in [1.29, 1.82) is 0 Å². The summed E-state index contributed by atoms with van der Waals surface area (Å²) in [4.78, 5) is 24.5. The van der Waals surface area contributed by atoms with E-state index in [0.29, 0.717) is 28.0 Å². The summed E-state index contributed by atoms with van der Waals surface area (Å²) in [6.07, 6.45) is 0.